The van der Waals surface area contributed by atoms with Crippen LogP contribution in [0.15, 0.2) is 24.3 Å². The highest BCUT2D eigenvalue weighted by molar-refractivity contribution is 5.91. The number of aliphatic hydroxyl groups excluding tert-OH is 1. The number of hydrogen-bond donors (Lipinski definition) is 2. The fourth-order valence-electron chi connectivity index (χ4n) is 3.37. The molecule has 4 nitrogen and oxygen atoms in total. The molecule has 0 aliphatic carbocycles. The summed E-state index contributed by atoms with van der Waals surface area (Å²) in [5.41, 5.74) is 2.64. The Bertz CT molecular complexity index is 677. The normalized spacial score (nSPS) is 19.2. The third kappa shape index (κ3) is 3.79. The molecule has 0 amide bonds. The van der Waals surface area contributed by atoms with Crippen LogP contribution >= 0.6 is 0 Å². The number of nitrogens with one attached hydrogen (secondary N) is 1. The van der Waals surface area contributed by atoms with E-state index in [1.807, 2.05) is 13.0 Å². The number of aryl methyl sites for hydroxylation is 1. The number of nitrogens with zero attached hydrogens (tertiary/aromatic N) is 2. The van der Waals surface area contributed by atoms with Gasteiger partial charge in [-0.2, -0.15) is 0 Å². The van der Waals surface area contributed by atoms with Gasteiger partial charge in [-0.3, -0.25) is 9.88 Å². The van der Waals surface area contributed by atoms with E-state index in [9.17, 15) is 9.50 Å². The third-order valence-corrected chi connectivity index (χ3v) is 4.57. The van der Waals surface area contributed by atoms with E-state index in [0.29, 0.717) is 0 Å². The first kappa shape index (κ1) is 16.1. The van der Waals surface area contributed by atoms with Crippen molar-refractivity contribution < 1.29 is 9.50 Å². The summed E-state index contributed by atoms with van der Waals surface area (Å²) >= 11 is 0. The molecule has 23 heavy (non-hydrogen) atoms. The molecule has 1 saturated heterocycles. The van der Waals surface area contributed by atoms with Crippen molar-refractivity contribution in [2.75, 3.05) is 31.6 Å². The number of pyridine rings is 1. The second kappa shape index (κ2) is 7.23. The van der Waals surface area contributed by atoms with Crippen molar-refractivity contribution in [3.8, 4) is 0 Å². The van der Waals surface area contributed by atoms with Gasteiger partial charge < -0.3 is 10.4 Å². The van der Waals surface area contributed by atoms with Crippen molar-refractivity contribution >= 4 is 16.6 Å². The van der Waals surface area contributed by atoms with Crippen LogP contribution < -0.4 is 5.32 Å². The Balaban J connectivity index is 1.70. The van der Waals surface area contributed by atoms with Gasteiger partial charge in [-0.1, -0.05) is 6.42 Å². The molecule has 3 rings (SSSR count). The molecule has 0 bridgehead atoms. The Hall–Kier alpha value is -1.72. The molecule has 1 aromatic heterocycles. The van der Waals surface area contributed by atoms with Crippen molar-refractivity contribution in [2.24, 2.45) is 0 Å². The minimum absolute atomic E-state index is 0.225. The number of likely N-dealkylation sites (tertiary alicyclic amines) is 1. The number of fused-ring (bicyclic) bond motifs is 1. The maximum absolute atomic E-state index is 13.5. The largest absolute Gasteiger partial charge is 0.395 e. The second-order valence-electron chi connectivity index (χ2n) is 6.27. The van der Waals surface area contributed by atoms with Crippen LogP contribution in [0.4, 0.5) is 10.1 Å². The van der Waals surface area contributed by atoms with Crippen molar-refractivity contribution in [1.82, 2.24) is 9.88 Å². The zero-order chi connectivity index (χ0) is 16.2. The second-order valence-corrected chi connectivity index (χ2v) is 6.27. The zero-order valence-corrected chi connectivity index (χ0v) is 13.6. The summed E-state index contributed by atoms with van der Waals surface area (Å²) in [7, 11) is 0. The van der Waals surface area contributed by atoms with E-state index in [2.05, 4.69) is 15.2 Å². The van der Waals surface area contributed by atoms with E-state index >= 15 is 0 Å². The highest BCUT2D eigenvalue weighted by Crippen LogP contribution is 2.24. The molecule has 0 spiro atoms. The summed E-state index contributed by atoms with van der Waals surface area (Å²) in [6.07, 6.45) is 3.46. The fourth-order valence-corrected chi connectivity index (χ4v) is 3.37. The molecular formula is C18H24FN3O. The molecule has 1 fully saturated rings. The van der Waals surface area contributed by atoms with Crippen LogP contribution in [0.3, 0.4) is 0 Å². The number of halogens is 1. The molecule has 0 radical (unpaired) electrons. The van der Waals surface area contributed by atoms with Crippen molar-refractivity contribution in [2.45, 2.75) is 32.2 Å². The van der Waals surface area contributed by atoms with Gasteiger partial charge in [0.2, 0.25) is 0 Å². The highest BCUT2D eigenvalue weighted by atomic mass is 19.1. The van der Waals surface area contributed by atoms with Crippen LogP contribution in [0.1, 0.15) is 25.0 Å². The number of rotatable bonds is 5. The van der Waals surface area contributed by atoms with Crippen molar-refractivity contribution in [3.63, 3.8) is 0 Å². The summed E-state index contributed by atoms with van der Waals surface area (Å²) in [6, 6.07) is 6.93. The van der Waals surface area contributed by atoms with Crippen LogP contribution in [0, 0.1) is 12.7 Å². The summed E-state index contributed by atoms with van der Waals surface area (Å²) in [5, 5.41) is 13.7. The number of aromatic nitrogens is 1. The molecule has 2 heterocycles. The van der Waals surface area contributed by atoms with E-state index in [1.165, 1.54) is 25.0 Å². The Kier molecular flexibility index (Phi) is 5.08. The lowest BCUT2D eigenvalue weighted by atomic mass is 10.0. The average molecular weight is 317 g/mol. The van der Waals surface area contributed by atoms with Gasteiger partial charge >= 0.3 is 0 Å². The summed E-state index contributed by atoms with van der Waals surface area (Å²) < 4.78 is 13.5. The Labute approximate surface area is 136 Å². The van der Waals surface area contributed by atoms with Crippen molar-refractivity contribution in [1.29, 1.82) is 0 Å². The Morgan fingerprint density at radius 3 is 3.04 bits per heavy atom. The van der Waals surface area contributed by atoms with E-state index in [1.54, 1.807) is 6.07 Å². The van der Waals surface area contributed by atoms with E-state index in [0.717, 1.165) is 48.3 Å². The lowest BCUT2D eigenvalue weighted by Gasteiger charge is -2.34. The highest BCUT2D eigenvalue weighted by Gasteiger charge is 2.20. The number of benzene rings is 1. The quantitative estimate of drug-likeness (QED) is 0.890. The van der Waals surface area contributed by atoms with E-state index < -0.39 is 0 Å². The van der Waals surface area contributed by atoms with Gasteiger partial charge in [-0.05, 0) is 50.6 Å². The molecule has 0 saturated carbocycles. The van der Waals surface area contributed by atoms with Gasteiger partial charge in [-0.15, -0.1) is 0 Å². The molecule has 2 N–H and O–H groups in total. The SMILES string of the molecule is Cc1cc(NCCN2CCCCC2CO)c2cc(F)ccc2n1. The number of piperidine rings is 1. The minimum Gasteiger partial charge on any atom is -0.395 e. The number of aliphatic hydroxyl groups is 1. The van der Waals surface area contributed by atoms with Gasteiger partial charge in [0.1, 0.15) is 5.82 Å². The molecule has 1 aliphatic rings. The molecular weight excluding hydrogens is 293 g/mol. The Morgan fingerprint density at radius 1 is 1.35 bits per heavy atom. The summed E-state index contributed by atoms with van der Waals surface area (Å²) in [5.74, 6) is -0.248. The first-order valence-electron chi connectivity index (χ1n) is 8.33. The standard InChI is InChI=1S/C18H24FN3O/c1-13-10-18(16-11-14(19)5-6-17(16)21-13)20-7-9-22-8-3-2-4-15(22)12-23/h5-6,10-11,15,23H,2-4,7-9,12H2,1H3,(H,20,21). The van der Waals surface area contributed by atoms with Gasteiger partial charge in [0.05, 0.1) is 12.1 Å². The predicted molar refractivity (Wildman–Crippen MR) is 91.2 cm³/mol. The predicted octanol–water partition coefficient (Wildman–Crippen LogP) is 2.94. The molecule has 2 aromatic rings. The molecule has 5 heteroatoms. The van der Waals surface area contributed by atoms with Gasteiger partial charge in [-0.25, -0.2) is 4.39 Å². The van der Waals surface area contributed by atoms with Gasteiger partial charge in [0, 0.05) is 35.9 Å². The Morgan fingerprint density at radius 2 is 2.22 bits per heavy atom. The van der Waals surface area contributed by atoms with Crippen LogP contribution in [-0.2, 0) is 0 Å². The average Bonchev–Trinajstić information content (AvgIpc) is 2.55. The minimum atomic E-state index is -0.248. The lowest BCUT2D eigenvalue weighted by Crippen LogP contribution is -2.44. The monoisotopic (exact) mass is 317 g/mol. The summed E-state index contributed by atoms with van der Waals surface area (Å²) in [4.78, 5) is 6.79. The lowest BCUT2D eigenvalue weighted by molar-refractivity contribution is 0.0940. The molecule has 1 atom stereocenters. The fraction of sp³-hybridized carbons (Fsp3) is 0.500. The maximum atomic E-state index is 13.5. The van der Waals surface area contributed by atoms with Gasteiger partial charge in [0.25, 0.3) is 0 Å². The molecule has 1 unspecified atom stereocenters. The van der Waals surface area contributed by atoms with Crippen LogP contribution in [0.2, 0.25) is 0 Å². The first-order chi connectivity index (χ1) is 11.2. The number of anilines is 1. The van der Waals surface area contributed by atoms with Crippen LogP contribution in [0.25, 0.3) is 10.9 Å². The zero-order valence-electron chi connectivity index (χ0n) is 13.6. The van der Waals surface area contributed by atoms with Crippen LogP contribution in [-0.4, -0.2) is 47.3 Å². The third-order valence-electron chi connectivity index (χ3n) is 4.57. The van der Waals surface area contributed by atoms with Gasteiger partial charge in [0.15, 0.2) is 0 Å². The summed E-state index contributed by atoms with van der Waals surface area (Å²) in [6.45, 7) is 4.86. The van der Waals surface area contributed by atoms with Crippen LogP contribution in [0.5, 0.6) is 0 Å². The first-order valence-corrected chi connectivity index (χ1v) is 8.33. The topological polar surface area (TPSA) is 48.4 Å². The maximum Gasteiger partial charge on any atom is 0.124 e. The molecule has 124 valence electrons. The van der Waals surface area contributed by atoms with E-state index in [-0.39, 0.29) is 18.5 Å². The molecule has 1 aromatic carbocycles. The van der Waals surface area contributed by atoms with Crippen molar-refractivity contribution in [3.05, 3.63) is 35.8 Å². The smallest absolute Gasteiger partial charge is 0.124 e. The van der Waals surface area contributed by atoms with E-state index in [4.69, 9.17) is 0 Å². The molecule has 1 aliphatic heterocycles. The number of hydrogen-bond acceptors (Lipinski definition) is 4.